The quantitative estimate of drug-likeness (QED) is 0.0998. The van der Waals surface area contributed by atoms with Gasteiger partial charge in [-0.05, 0) is 72.8 Å². The van der Waals surface area contributed by atoms with Crippen molar-refractivity contribution in [2.24, 2.45) is 35.5 Å². The molecule has 408 valence electrons. The molecule has 12 rings (SSSR count). The van der Waals surface area contributed by atoms with Gasteiger partial charge < -0.3 is 0 Å². The second-order valence-corrected chi connectivity index (χ2v) is 19.9. The number of carbonyl (C=O) groups excluding carboxylic acids is 6. The lowest BCUT2D eigenvalue weighted by Gasteiger charge is -2.16. The van der Waals surface area contributed by atoms with Crippen molar-refractivity contribution in [3.05, 3.63) is 182 Å². The van der Waals surface area contributed by atoms with Gasteiger partial charge in [0.05, 0.1) is 109 Å². The highest BCUT2D eigenvalue weighted by atomic mass is 16.2. The first-order valence-electron chi connectivity index (χ1n) is 26.4. The number of hydrazine groups is 6. The SMILES string of the molecule is CC1CN(c2ccccc2)NC1=O.CC1CN(c2ccccc2)NC1=O.CC1CN(c2ccccc2)NC1=O.CC1CN(c2ccccc2)NC1=O.CC1CN(c2ccccc2)NC1=O.CC1CN(c2ccccc2)NC1=O. The monoisotopic (exact) mass is 1060 g/mol. The molecule has 6 aromatic carbocycles. The molecule has 0 spiro atoms. The Morgan fingerprint density at radius 1 is 0.231 bits per heavy atom. The van der Waals surface area contributed by atoms with Gasteiger partial charge in [0.1, 0.15) is 0 Å². The number of carbonyl (C=O) groups is 6. The van der Waals surface area contributed by atoms with E-state index in [-0.39, 0.29) is 71.0 Å². The summed E-state index contributed by atoms with van der Waals surface area (Å²) in [5.74, 6) is 1.11. The van der Waals surface area contributed by atoms with E-state index in [0.717, 1.165) is 73.4 Å². The zero-order valence-corrected chi connectivity index (χ0v) is 45.2. The zero-order valence-electron chi connectivity index (χ0n) is 45.2. The average Bonchev–Trinajstić information content (AvgIpc) is 4.34. The van der Waals surface area contributed by atoms with E-state index in [1.54, 1.807) is 0 Å². The van der Waals surface area contributed by atoms with E-state index in [4.69, 9.17) is 0 Å². The standard InChI is InChI=1S/6C10H12N2O/c6*1-8-7-12(11-10(8)13)9-5-3-2-4-6-9/h6*2-6,8H,7H2,1H3,(H,11,13). The van der Waals surface area contributed by atoms with Gasteiger partial charge in [0.25, 0.3) is 0 Å². The summed E-state index contributed by atoms with van der Waals surface area (Å²) in [5.41, 5.74) is 23.1. The summed E-state index contributed by atoms with van der Waals surface area (Å²) in [6.45, 7) is 16.1. The Morgan fingerprint density at radius 2 is 0.346 bits per heavy atom. The lowest BCUT2D eigenvalue weighted by atomic mass is 10.2. The fourth-order valence-corrected chi connectivity index (χ4v) is 8.54. The molecule has 6 fully saturated rings. The largest absolute Gasteiger partial charge is 0.285 e. The van der Waals surface area contributed by atoms with Gasteiger partial charge in [0.15, 0.2) is 0 Å². The number of anilines is 6. The number of nitrogens with one attached hydrogen (secondary N) is 6. The smallest absolute Gasteiger partial charge is 0.243 e. The maximum atomic E-state index is 11.2. The van der Waals surface area contributed by atoms with E-state index in [1.165, 1.54) is 0 Å². The van der Waals surface area contributed by atoms with Crippen molar-refractivity contribution in [1.29, 1.82) is 0 Å². The number of nitrogens with zero attached hydrogens (tertiary/aromatic N) is 6. The summed E-state index contributed by atoms with van der Waals surface area (Å²) in [7, 11) is 0. The molecule has 6 atom stereocenters. The highest BCUT2D eigenvalue weighted by Crippen LogP contribution is 2.22. The number of hydrogen-bond donors (Lipinski definition) is 6. The highest BCUT2D eigenvalue weighted by molar-refractivity contribution is 5.86. The van der Waals surface area contributed by atoms with Crippen molar-refractivity contribution in [3.8, 4) is 0 Å². The van der Waals surface area contributed by atoms with Crippen LogP contribution in [0, 0.1) is 35.5 Å². The predicted octanol–water partition coefficient (Wildman–Crippen LogP) is 7.04. The van der Waals surface area contributed by atoms with Crippen LogP contribution in [0.1, 0.15) is 41.5 Å². The van der Waals surface area contributed by atoms with E-state index in [2.05, 4.69) is 32.6 Å². The third kappa shape index (κ3) is 16.0. The third-order valence-electron chi connectivity index (χ3n) is 13.3. The molecule has 0 saturated carbocycles. The van der Waals surface area contributed by atoms with Gasteiger partial charge >= 0.3 is 0 Å². The van der Waals surface area contributed by atoms with Crippen LogP contribution >= 0.6 is 0 Å². The van der Waals surface area contributed by atoms with Crippen LogP contribution in [-0.4, -0.2) is 74.7 Å². The molecule has 6 unspecified atom stereocenters. The number of amides is 6. The molecule has 6 aromatic rings. The zero-order chi connectivity index (χ0) is 55.6. The predicted molar refractivity (Wildman–Crippen MR) is 307 cm³/mol. The minimum Gasteiger partial charge on any atom is -0.285 e. The first-order valence-corrected chi connectivity index (χ1v) is 26.4. The number of para-hydroxylation sites is 6. The van der Waals surface area contributed by atoms with Crippen LogP contribution in [-0.2, 0) is 28.8 Å². The van der Waals surface area contributed by atoms with Crippen LogP contribution in [0.15, 0.2) is 182 Å². The lowest BCUT2D eigenvalue weighted by Crippen LogP contribution is -2.32. The van der Waals surface area contributed by atoms with Crippen LogP contribution in [0.5, 0.6) is 0 Å². The van der Waals surface area contributed by atoms with Crippen molar-refractivity contribution >= 4 is 69.6 Å². The van der Waals surface area contributed by atoms with Gasteiger partial charge in [-0.3, -0.25) is 91.4 Å². The fourth-order valence-electron chi connectivity index (χ4n) is 8.54. The van der Waals surface area contributed by atoms with Crippen molar-refractivity contribution in [2.45, 2.75) is 41.5 Å². The Balaban J connectivity index is 0.000000136. The fraction of sp³-hybridized carbons (Fsp3) is 0.300. The van der Waals surface area contributed by atoms with Gasteiger partial charge in [0, 0.05) is 0 Å². The Hall–Kier alpha value is -9.06. The minimum absolute atomic E-state index is 0.0835. The molecule has 78 heavy (non-hydrogen) atoms. The van der Waals surface area contributed by atoms with E-state index < -0.39 is 0 Å². The molecule has 18 nitrogen and oxygen atoms in total. The van der Waals surface area contributed by atoms with E-state index in [0.29, 0.717) is 0 Å². The third-order valence-corrected chi connectivity index (χ3v) is 13.3. The molecule has 6 aliphatic heterocycles. The number of hydrogen-bond acceptors (Lipinski definition) is 12. The van der Waals surface area contributed by atoms with Crippen LogP contribution in [0.25, 0.3) is 0 Å². The summed E-state index contributed by atoms with van der Waals surface area (Å²) in [5, 5.41) is 11.3. The van der Waals surface area contributed by atoms with Gasteiger partial charge in [0.2, 0.25) is 35.4 Å². The second-order valence-electron chi connectivity index (χ2n) is 19.9. The highest BCUT2D eigenvalue weighted by Gasteiger charge is 2.30. The Kier molecular flexibility index (Phi) is 20.1. The van der Waals surface area contributed by atoms with Crippen LogP contribution in [0.3, 0.4) is 0 Å². The van der Waals surface area contributed by atoms with E-state index in [9.17, 15) is 28.8 Å². The summed E-state index contributed by atoms with van der Waals surface area (Å²) in [4.78, 5) is 67.2. The Bertz CT molecular complexity index is 2370. The van der Waals surface area contributed by atoms with Gasteiger partial charge in [-0.25, -0.2) is 0 Å². The topological polar surface area (TPSA) is 194 Å². The summed E-state index contributed by atoms with van der Waals surface area (Å²) < 4.78 is 0. The molecule has 0 aliphatic carbocycles. The van der Waals surface area contributed by atoms with Gasteiger partial charge in [-0.15, -0.1) is 0 Å². The molecular formula is C60H72N12O6. The van der Waals surface area contributed by atoms with E-state index >= 15 is 0 Å². The Labute approximate surface area is 457 Å². The van der Waals surface area contributed by atoms with Gasteiger partial charge in [-0.2, -0.15) is 0 Å². The van der Waals surface area contributed by atoms with Crippen LogP contribution in [0.2, 0.25) is 0 Å². The molecule has 6 amide bonds. The van der Waals surface area contributed by atoms with Crippen molar-refractivity contribution in [3.63, 3.8) is 0 Å². The molecule has 0 bridgehead atoms. The first kappa shape index (κ1) is 56.7. The summed E-state index contributed by atoms with van der Waals surface area (Å²) >= 11 is 0. The number of benzene rings is 6. The minimum atomic E-state index is 0.0835. The second kappa shape index (κ2) is 27.6. The molecule has 18 heteroatoms. The van der Waals surface area contributed by atoms with Crippen molar-refractivity contribution in [1.82, 2.24) is 32.6 Å². The molecule has 6 saturated heterocycles. The van der Waals surface area contributed by atoms with Gasteiger partial charge in [-0.1, -0.05) is 151 Å². The average molecular weight is 1060 g/mol. The molecular weight excluding hydrogens is 985 g/mol. The normalized spacial score (nSPS) is 21.8. The summed E-state index contributed by atoms with van der Waals surface area (Å²) in [6.07, 6.45) is 0. The summed E-state index contributed by atoms with van der Waals surface area (Å²) in [6, 6.07) is 59.1. The first-order chi connectivity index (χ1) is 37.6. The molecule has 6 heterocycles. The maximum Gasteiger partial charge on any atom is 0.243 e. The lowest BCUT2D eigenvalue weighted by molar-refractivity contribution is -0.122. The van der Waals surface area contributed by atoms with Crippen LogP contribution in [0.4, 0.5) is 34.1 Å². The molecule has 6 N–H and O–H groups in total. The molecule has 6 aliphatic rings. The Morgan fingerprint density at radius 3 is 0.436 bits per heavy atom. The number of rotatable bonds is 6. The maximum absolute atomic E-state index is 11.2. The van der Waals surface area contributed by atoms with Crippen molar-refractivity contribution in [2.75, 3.05) is 69.3 Å². The van der Waals surface area contributed by atoms with E-state index in [1.807, 2.05) is 254 Å². The molecule has 0 aromatic heterocycles. The molecule has 0 radical (unpaired) electrons. The van der Waals surface area contributed by atoms with Crippen LogP contribution < -0.4 is 62.6 Å². The van der Waals surface area contributed by atoms with Crippen molar-refractivity contribution < 1.29 is 28.8 Å².